The molecule has 1 unspecified atom stereocenters. The summed E-state index contributed by atoms with van der Waals surface area (Å²) >= 11 is 0. The van der Waals surface area contributed by atoms with Crippen LogP contribution in [-0.4, -0.2) is 34.0 Å². The van der Waals surface area contributed by atoms with E-state index < -0.39 is 23.0 Å². The lowest BCUT2D eigenvalue weighted by Gasteiger charge is -2.39. The summed E-state index contributed by atoms with van der Waals surface area (Å²) in [7, 11) is 0. The Balaban J connectivity index is 3.15. The first kappa shape index (κ1) is 16.2. The number of carboxylic acids is 1. The van der Waals surface area contributed by atoms with Crippen LogP contribution in [0, 0.1) is 0 Å². The second-order valence-electron chi connectivity index (χ2n) is 6.02. The Labute approximate surface area is 119 Å². The minimum Gasteiger partial charge on any atom is -0.480 e. The maximum Gasteiger partial charge on any atom is 0.323 e. The lowest BCUT2D eigenvalue weighted by molar-refractivity contribution is -0.151. The van der Waals surface area contributed by atoms with Crippen LogP contribution < -0.4 is 5.73 Å². The fraction of sp³-hybridized carbons (Fsp3) is 0.467. The van der Waals surface area contributed by atoms with Crippen molar-refractivity contribution >= 4 is 11.9 Å². The first-order valence-electron chi connectivity index (χ1n) is 6.45. The van der Waals surface area contributed by atoms with Gasteiger partial charge >= 0.3 is 5.97 Å². The molecule has 0 saturated carbocycles. The van der Waals surface area contributed by atoms with E-state index in [4.69, 9.17) is 10.8 Å². The number of rotatable bonds is 4. The van der Waals surface area contributed by atoms with Gasteiger partial charge in [-0.2, -0.15) is 0 Å². The Morgan fingerprint density at radius 3 is 2.05 bits per heavy atom. The van der Waals surface area contributed by atoms with Gasteiger partial charge in [-0.15, -0.1) is 0 Å². The van der Waals surface area contributed by atoms with Gasteiger partial charge in [-0.25, -0.2) is 0 Å². The molecule has 3 N–H and O–H groups in total. The van der Waals surface area contributed by atoms with Crippen molar-refractivity contribution in [2.45, 2.75) is 38.8 Å². The predicted octanol–water partition coefficient (Wildman–Crippen LogP) is 1.57. The fourth-order valence-electron chi connectivity index (χ4n) is 1.94. The molecule has 0 heterocycles. The second-order valence-corrected chi connectivity index (χ2v) is 6.02. The average Bonchev–Trinajstić information content (AvgIpc) is 2.34. The Hall–Kier alpha value is -1.88. The zero-order valence-electron chi connectivity index (χ0n) is 12.4. The van der Waals surface area contributed by atoms with Crippen molar-refractivity contribution in [1.82, 2.24) is 4.90 Å². The highest BCUT2D eigenvalue weighted by Gasteiger charge is 2.39. The SMILES string of the molecule is CC(N)(C(=O)N(CC(=O)O)C(C)(C)C)c1ccccc1. The van der Waals surface area contributed by atoms with Crippen LogP contribution in [0.15, 0.2) is 30.3 Å². The predicted molar refractivity (Wildman–Crippen MR) is 77.1 cm³/mol. The minimum absolute atomic E-state index is 0.373. The molecule has 0 spiro atoms. The topological polar surface area (TPSA) is 83.6 Å². The lowest BCUT2D eigenvalue weighted by atomic mass is 9.89. The van der Waals surface area contributed by atoms with E-state index in [1.54, 1.807) is 52.0 Å². The Kier molecular flexibility index (Phi) is 4.55. The first-order chi connectivity index (χ1) is 9.06. The number of nitrogens with zero attached hydrogens (tertiary/aromatic N) is 1. The largest absolute Gasteiger partial charge is 0.480 e. The Bertz CT molecular complexity index is 490. The fourth-order valence-corrected chi connectivity index (χ4v) is 1.94. The molecular formula is C15H22N2O3. The number of hydrogen-bond acceptors (Lipinski definition) is 3. The van der Waals surface area contributed by atoms with Gasteiger partial charge in [0.25, 0.3) is 0 Å². The van der Waals surface area contributed by atoms with Crippen molar-refractivity contribution < 1.29 is 14.7 Å². The van der Waals surface area contributed by atoms with Gasteiger partial charge in [0.2, 0.25) is 5.91 Å². The van der Waals surface area contributed by atoms with E-state index in [2.05, 4.69) is 0 Å². The maximum absolute atomic E-state index is 12.7. The molecule has 5 nitrogen and oxygen atoms in total. The molecule has 1 atom stereocenters. The quantitative estimate of drug-likeness (QED) is 0.875. The van der Waals surface area contributed by atoms with Crippen molar-refractivity contribution in [3.63, 3.8) is 0 Å². The van der Waals surface area contributed by atoms with Crippen LogP contribution in [0.5, 0.6) is 0 Å². The monoisotopic (exact) mass is 278 g/mol. The molecule has 0 aliphatic rings. The van der Waals surface area contributed by atoms with Crippen LogP contribution in [0.1, 0.15) is 33.3 Å². The number of amides is 1. The molecule has 1 aromatic rings. The van der Waals surface area contributed by atoms with Gasteiger partial charge < -0.3 is 15.7 Å². The molecule has 0 bridgehead atoms. The Morgan fingerprint density at radius 1 is 1.15 bits per heavy atom. The van der Waals surface area contributed by atoms with Crippen LogP contribution in [-0.2, 0) is 15.1 Å². The van der Waals surface area contributed by atoms with Crippen molar-refractivity contribution in [3.8, 4) is 0 Å². The van der Waals surface area contributed by atoms with E-state index in [1.165, 1.54) is 4.90 Å². The number of carboxylic acid groups (broad SMARTS) is 1. The van der Waals surface area contributed by atoms with Crippen molar-refractivity contribution in [1.29, 1.82) is 0 Å². The zero-order chi connectivity index (χ0) is 15.6. The van der Waals surface area contributed by atoms with Gasteiger partial charge in [0.05, 0.1) is 0 Å². The number of benzene rings is 1. The van der Waals surface area contributed by atoms with E-state index >= 15 is 0 Å². The van der Waals surface area contributed by atoms with Crippen molar-refractivity contribution in [2.75, 3.05) is 6.54 Å². The van der Waals surface area contributed by atoms with E-state index in [-0.39, 0.29) is 6.54 Å². The summed E-state index contributed by atoms with van der Waals surface area (Å²) < 4.78 is 0. The summed E-state index contributed by atoms with van der Waals surface area (Å²) in [6, 6.07) is 8.96. The molecule has 0 aromatic heterocycles. The van der Waals surface area contributed by atoms with E-state index in [1.807, 2.05) is 6.07 Å². The van der Waals surface area contributed by atoms with Gasteiger partial charge in [-0.1, -0.05) is 30.3 Å². The lowest BCUT2D eigenvalue weighted by Crippen LogP contribution is -2.58. The van der Waals surface area contributed by atoms with Crippen molar-refractivity contribution in [3.05, 3.63) is 35.9 Å². The number of nitrogens with two attached hydrogens (primary N) is 1. The normalized spacial score (nSPS) is 14.4. The van der Waals surface area contributed by atoms with Crippen LogP contribution in [0.4, 0.5) is 0 Å². The molecular weight excluding hydrogens is 256 g/mol. The van der Waals surface area contributed by atoms with Gasteiger partial charge in [0.15, 0.2) is 0 Å². The number of carbonyl (C=O) groups is 2. The van der Waals surface area contributed by atoms with E-state index in [9.17, 15) is 9.59 Å². The molecule has 0 aliphatic heterocycles. The maximum atomic E-state index is 12.7. The molecule has 0 aliphatic carbocycles. The molecule has 1 aromatic carbocycles. The summed E-state index contributed by atoms with van der Waals surface area (Å²) in [6.07, 6.45) is 0. The highest BCUT2D eigenvalue weighted by molar-refractivity contribution is 5.90. The average molecular weight is 278 g/mol. The molecule has 0 saturated heterocycles. The molecule has 0 radical (unpaired) electrons. The van der Waals surface area contributed by atoms with Crippen molar-refractivity contribution in [2.24, 2.45) is 5.73 Å². The van der Waals surface area contributed by atoms with Gasteiger partial charge in [0, 0.05) is 5.54 Å². The van der Waals surface area contributed by atoms with Gasteiger partial charge in [0.1, 0.15) is 12.1 Å². The van der Waals surface area contributed by atoms with Gasteiger partial charge in [-0.05, 0) is 33.3 Å². The summed E-state index contributed by atoms with van der Waals surface area (Å²) in [6.45, 7) is 6.59. The van der Waals surface area contributed by atoms with Crippen LogP contribution in [0.2, 0.25) is 0 Å². The van der Waals surface area contributed by atoms with Crippen LogP contribution in [0.3, 0.4) is 0 Å². The third-order valence-corrected chi connectivity index (χ3v) is 3.17. The molecule has 20 heavy (non-hydrogen) atoms. The first-order valence-corrected chi connectivity index (χ1v) is 6.45. The summed E-state index contributed by atoms with van der Waals surface area (Å²) in [4.78, 5) is 25.0. The number of aliphatic carboxylic acids is 1. The highest BCUT2D eigenvalue weighted by Crippen LogP contribution is 2.24. The summed E-state index contributed by atoms with van der Waals surface area (Å²) in [5.74, 6) is -1.46. The molecule has 5 heteroatoms. The Morgan fingerprint density at radius 2 is 1.65 bits per heavy atom. The summed E-state index contributed by atoms with van der Waals surface area (Å²) in [5, 5.41) is 9.00. The van der Waals surface area contributed by atoms with Crippen LogP contribution >= 0.6 is 0 Å². The minimum atomic E-state index is -1.26. The molecule has 110 valence electrons. The molecule has 1 rings (SSSR count). The summed E-state index contributed by atoms with van der Waals surface area (Å²) in [5.41, 5.74) is 4.95. The number of hydrogen-bond donors (Lipinski definition) is 2. The number of carbonyl (C=O) groups excluding carboxylic acids is 1. The van der Waals surface area contributed by atoms with Gasteiger partial charge in [-0.3, -0.25) is 9.59 Å². The second kappa shape index (κ2) is 5.63. The third-order valence-electron chi connectivity index (χ3n) is 3.17. The zero-order valence-corrected chi connectivity index (χ0v) is 12.4. The third kappa shape index (κ3) is 3.57. The molecule has 1 amide bonds. The molecule has 0 fully saturated rings. The van der Waals surface area contributed by atoms with Crippen LogP contribution in [0.25, 0.3) is 0 Å². The smallest absolute Gasteiger partial charge is 0.323 e. The highest BCUT2D eigenvalue weighted by atomic mass is 16.4. The van der Waals surface area contributed by atoms with E-state index in [0.29, 0.717) is 5.56 Å². The standard InChI is InChI=1S/C15H22N2O3/c1-14(2,3)17(10-12(18)19)13(20)15(4,16)11-8-6-5-7-9-11/h5-9H,10,16H2,1-4H3,(H,18,19). The van der Waals surface area contributed by atoms with E-state index in [0.717, 1.165) is 0 Å².